The van der Waals surface area contributed by atoms with E-state index >= 15 is 0 Å². The SMILES string of the molecule is COC1=CC2=CC[C@@H]3C(CC[C@]4(C)C(=O)CCC34)[C@@]2(C)CC1. The van der Waals surface area contributed by atoms with Crippen LogP contribution >= 0.6 is 0 Å². The van der Waals surface area contributed by atoms with Gasteiger partial charge in [-0.1, -0.05) is 19.9 Å². The maximum absolute atomic E-state index is 12.4. The molecule has 4 aliphatic carbocycles. The van der Waals surface area contributed by atoms with Gasteiger partial charge in [-0.3, -0.25) is 4.79 Å². The second kappa shape index (κ2) is 4.72. The van der Waals surface area contributed by atoms with Gasteiger partial charge in [0.25, 0.3) is 0 Å². The van der Waals surface area contributed by atoms with E-state index in [9.17, 15) is 4.79 Å². The van der Waals surface area contributed by atoms with Crippen molar-refractivity contribution in [2.45, 2.75) is 58.8 Å². The lowest BCUT2D eigenvalue weighted by Crippen LogP contribution is -2.49. The second-order valence-electron chi connectivity index (χ2n) is 8.42. The molecule has 0 radical (unpaired) electrons. The summed E-state index contributed by atoms with van der Waals surface area (Å²) in [7, 11) is 1.79. The minimum atomic E-state index is -0.00886. The predicted molar refractivity (Wildman–Crippen MR) is 87.2 cm³/mol. The zero-order chi connectivity index (χ0) is 15.5. The molecule has 0 aromatic rings. The summed E-state index contributed by atoms with van der Waals surface area (Å²) in [6, 6.07) is 0. The predicted octanol–water partition coefficient (Wildman–Crippen LogP) is 4.66. The van der Waals surface area contributed by atoms with Crippen LogP contribution in [0, 0.1) is 28.6 Å². The fourth-order valence-electron chi connectivity index (χ4n) is 6.23. The van der Waals surface area contributed by atoms with E-state index < -0.39 is 0 Å². The molecule has 0 amide bonds. The zero-order valence-electron chi connectivity index (χ0n) is 14.2. The molecule has 2 saturated carbocycles. The molecule has 0 aromatic carbocycles. The van der Waals surface area contributed by atoms with Gasteiger partial charge in [0.05, 0.1) is 12.9 Å². The Balaban J connectivity index is 1.71. The Kier molecular flexibility index (Phi) is 3.12. The lowest BCUT2D eigenvalue weighted by atomic mass is 9.49. The second-order valence-corrected chi connectivity index (χ2v) is 8.42. The van der Waals surface area contributed by atoms with Crippen molar-refractivity contribution in [3.63, 3.8) is 0 Å². The Hall–Kier alpha value is -1.05. The van der Waals surface area contributed by atoms with Crippen LogP contribution in [0.15, 0.2) is 23.5 Å². The Labute approximate surface area is 134 Å². The van der Waals surface area contributed by atoms with E-state index in [1.54, 1.807) is 7.11 Å². The van der Waals surface area contributed by atoms with Crippen molar-refractivity contribution in [2.24, 2.45) is 28.6 Å². The molecule has 0 N–H and O–H groups in total. The number of ketones is 1. The third kappa shape index (κ3) is 1.76. The first kappa shape index (κ1) is 14.5. The molecule has 0 aliphatic heterocycles. The van der Waals surface area contributed by atoms with Gasteiger partial charge in [-0.15, -0.1) is 0 Å². The molecule has 2 nitrogen and oxygen atoms in total. The zero-order valence-corrected chi connectivity index (χ0v) is 14.2. The molecule has 2 heteroatoms. The molecule has 22 heavy (non-hydrogen) atoms. The molecule has 0 saturated heterocycles. The number of hydrogen-bond donors (Lipinski definition) is 0. The number of methoxy groups -OCH3 is 1. The Bertz CT molecular complexity index is 572. The van der Waals surface area contributed by atoms with E-state index in [1.807, 2.05) is 0 Å². The maximum Gasteiger partial charge on any atom is 0.139 e. The van der Waals surface area contributed by atoms with Gasteiger partial charge in [0.2, 0.25) is 0 Å². The molecule has 4 rings (SSSR count). The van der Waals surface area contributed by atoms with Crippen molar-refractivity contribution in [1.82, 2.24) is 0 Å². The molecular weight excluding hydrogens is 272 g/mol. The van der Waals surface area contributed by atoms with Crippen molar-refractivity contribution in [3.05, 3.63) is 23.5 Å². The summed E-state index contributed by atoms with van der Waals surface area (Å²) in [4.78, 5) is 12.4. The topological polar surface area (TPSA) is 26.3 Å². The summed E-state index contributed by atoms with van der Waals surface area (Å²) in [5.41, 5.74) is 1.80. The number of fused-ring (bicyclic) bond motifs is 5. The first-order chi connectivity index (χ1) is 10.5. The van der Waals surface area contributed by atoms with Gasteiger partial charge in [0.15, 0.2) is 0 Å². The Morgan fingerprint density at radius 2 is 1.86 bits per heavy atom. The molecule has 0 spiro atoms. The van der Waals surface area contributed by atoms with Crippen LogP contribution in [0.1, 0.15) is 58.8 Å². The standard InChI is InChI=1S/C20H28O2/c1-19-10-8-14(22-3)12-13(19)4-5-15-16-6-7-18(21)20(16,2)11-9-17(15)19/h4,12,15-17H,5-11H2,1-3H3/t15-,16?,17?,19-,20-/m0/s1. The molecule has 5 atom stereocenters. The lowest BCUT2D eigenvalue weighted by molar-refractivity contribution is -0.131. The van der Waals surface area contributed by atoms with Gasteiger partial charge in [-0.05, 0) is 66.9 Å². The van der Waals surface area contributed by atoms with Crippen molar-refractivity contribution in [2.75, 3.05) is 7.11 Å². The number of carbonyl (C=O) groups excluding carboxylic acids is 1. The normalized spacial score (nSPS) is 47.0. The number of hydrogen-bond acceptors (Lipinski definition) is 2. The molecule has 0 heterocycles. The summed E-state index contributed by atoms with van der Waals surface area (Å²) in [6.45, 7) is 4.73. The highest BCUT2D eigenvalue weighted by molar-refractivity contribution is 5.87. The average Bonchev–Trinajstić information content (AvgIpc) is 2.82. The third-order valence-electron chi connectivity index (χ3n) is 7.70. The summed E-state index contributed by atoms with van der Waals surface area (Å²) >= 11 is 0. The van der Waals surface area contributed by atoms with Gasteiger partial charge >= 0.3 is 0 Å². The lowest BCUT2D eigenvalue weighted by Gasteiger charge is -2.55. The largest absolute Gasteiger partial charge is 0.501 e. The number of allylic oxidation sites excluding steroid dienone is 4. The summed E-state index contributed by atoms with van der Waals surface area (Å²) in [5, 5.41) is 0. The number of carbonyl (C=O) groups is 1. The van der Waals surface area contributed by atoms with E-state index in [4.69, 9.17) is 4.74 Å². The fourth-order valence-corrected chi connectivity index (χ4v) is 6.23. The molecule has 4 aliphatic rings. The highest BCUT2D eigenvalue weighted by Crippen LogP contribution is 2.63. The van der Waals surface area contributed by atoms with Gasteiger partial charge in [-0.2, -0.15) is 0 Å². The van der Waals surface area contributed by atoms with Crippen LogP contribution in [0.3, 0.4) is 0 Å². The van der Waals surface area contributed by atoms with Crippen LogP contribution in [0.4, 0.5) is 0 Å². The Morgan fingerprint density at radius 1 is 1.09 bits per heavy atom. The van der Waals surface area contributed by atoms with Gasteiger partial charge in [0.1, 0.15) is 5.78 Å². The van der Waals surface area contributed by atoms with Crippen molar-refractivity contribution in [3.8, 4) is 0 Å². The molecule has 2 fully saturated rings. The van der Waals surface area contributed by atoms with Crippen LogP contribution in [0.2, 0.25) is 0 Å². The molecule has 2 unspecified atom stereocenters. The van der Waals surface area contributed by atoms with Gasteiger partial charge in [0, 0.05) is 18.3 Å². The molecular formula is C20H28O2. The van der Waals surface area contributed by atoms with Crippen LogP contribution in [0.25, 0.3) is 0 Å². The number of Topliss-reactive ketones (excluding diaryl/α,β-unsaturated/α-hetero) is 1. The smallest absolute Gasteiger partial charge is 0.139 e. The molecule has 120 valence electrons. The van der Waals surface area contributed by atoms with E-state index in [2.05, 4.69) is 26.0 Å². The average molecular weight is 300 g/mol. The van der Waals surface area contributed by atoms with Gasteiger partial charge in [-0.25, -0.2) is 0 Å². The van der Waals surface area contributed by atoms with E-state index in [0.29, 0.717) is 17.1 Å². The van der Waals surface area contributed by atoms with Crippen LogP contribution in [0.5, 0.6) is 0 Å². The van der Waals surface area contributed by atoms with Crippen LogP contribution in [-0.4, -0.2) is 12.9 Å². The van der Waals surface area contributed by atoms with E-state index in [0.717, 1.165) is 49.7 Å². The van der Waals surface area contributed by atoms with Crippen LogP contribution in [-0.2, 0) is 9.53 Å². The summed E-state index contributed by atoms with van der Waals surface area (Å²) < 4.78 is 5.50. The first-order valence-corrected chi connectivity index (χ1v) is 8.97. The maximum atomic E-state index is 12.4. The van der Waals surface area contributed by atoms with Crippen molar-refractivity contribution >= 4 is 5.78 Å². The molecule has 0 aromatic heterocycles. The fraction of sp³-hybridized carbons (Fsp3) is 0.750. The van der Waals surface area contributed by atoms with Crippen molar-refractivity contribution in [1.29, 1.82) is 0 Å². The highest BCUT2D eigenvalue weighted by Gasteiger charge is 2.58. The van der Waals surface area contributed by atoms with E-state index in [-0.39, 0.29) is 5.41 Å². The monoisotopic (exact) mass is 300 g/mol. The quantitative estimate of drug-likeness (QED) is 0.704. The van der Waals surface area contributed by atoms with Gasteiger partial charge < -0.3 is 4.74 Å². The molecule has 0 bridgehead atoms. The number of rotatable bonds is 1. The number of ether oxygens (including phenoxy) is 1. The van der Waals surface area contributed by atoms with Crippen LogP contribution < -0.4 is 0 Å². The Morgan fingerprint density at radius 3 is 2.64 bits per heavy atom. The van der Waals surface area contributed by atoms with E-state index in [1.165, 1.54) is 18.4 Å². The third-order valence-corrected chi connectivity index (χ3v) is 7.70. The van der Waals surface area contributed by atoms with Crippen molar-refractivity contribution < 1.29 is 9.53 Å². The summed E-state index contributed by atoms with van der Waals surface area (Å²) in [6.07, 6.45) is 12.5. The summed E-state index contributed by atoms with van der Waals surface area (Å²) in [5.74, 6) is 3.78. The minimum absolute atomic E-state index is 0.00886. The minimum Gasteiger partial charge on any atom is -0.501 e. The highest BCUT2D eigenvalue weighted by atomic mass is 16.5. The first-order valence-electron chi connectivity index (χ1n) is 8.97.